The molecule has 0 saturated carbocycles. The number of nitrogens with zero attached hydrogens (tertiary/aromatic N) is 1. The van der Waals surface area contributed by atoms with Gasteiger partial charge in [-0.15, -0.1) is 0 Å². The summed E-state index contributed by atoms with van der Waals surface area (Å²) in [6.07, 6.45) is 0.188. The van der Waals surface area contributed by atoms with E-state index in [-0.39, 0.29) is 24.3 Å². The highest BCUT2D eigenvalue weighted by atomic mass is 79.9. The molecule has 2 aromatic carbocycles. The Kier molecular flexibility index (Phi) is 7.87. The van der Waals surface area contributed by atoms with Crippen molar-refractivity contribution in [3.63, 3.8) is 0 Å². The van der Waals surface area contributed by atoms with E-state index < -0.39 is 6.04 Å². The summed E-state index contributed by atoms with van der Waals surface area (Å²) in [5, 5.41) is 3.47. The number of halogens is 2. The van der Waals surface area contributed by atoms with Gasteiger partial charge in [0.1, 0.15) is 6.04 Å². The van der Waals surface area contributed by atoms with E-state index in [9.17, 15) is 9.59 Å². The summed E-state index contributed by atoms with van der Waals surface area (Å²) < 4.78 is 0.932. The molecule has 0 aliphatic heterocycles. The van der Waals surface area contributed by atoms with E-state index in [4.69, 9.17) is 11.6 Å². The molecule has 144 valence electrons. The van der Waals surface area contributed by atoms with E-state index in [2.05, 4.69) is 21.2 Å². The summed E-state index contributed by atoms with van der Waals surface area (Å²) in [7, 11) is 0. The number of carbonyl (C=O) groups excluding carboxylic acids is 2. The topological polar surface area (TPSA) is 49.4 Å². The van der Waals surface area contributed by atoms with Gasteiger partial charge in [0.2, 0.25) is 11.8 Å². The number of benzene rings is 2. The van der Waals surface area contributed by atoms with Gasteiger partial charge >= 0.3 is 0 Å². The predicted octanol–water partition coefficient (Wildman–Crippen LogP) is 4.59. The van der Waals surface area contributed by atoms with E-state index in [1.165, 1.54) is 0 Å². The second kappa shape index (κ2) is 9.90. The highest BCUT2D eigenvalue weighted by molar-refractivity contribution is 9.10. The molecule has 0 aliphatic carbocycles. The second-order valence-electron chi connectivity index (χ2n) is 6.80. The van der Waals surface area contributed by atoms with Crippen molar-refractivity contribution in [3.05, 3.63) is 69.2 Å². The van der Waals surface area contributed by atoms with Crippen LogP contribution in [0.3, 0.4) is 0 Å². The molecule has 0 spiro atoms. The second-order valence-corrected chi connectivity index (χ2v) is 8.15. The summed E-state index contributed by atoms with van der Waals surface area (Å²) >= 11 is 9.48. The Morgan fingerprint density at radius 2 is 1.74 bits per heavy atom. The van der Waals surface area contributed by atoms with Gasteiger partial charge in [0.05, 0.1) is 6.42 Å². The van der Waals surface area contributed by atoms with Gasteiger partial charge in [-0.05, 0) is 56.2 Å². The Morgan fingerprint density at radius 3 is 2.37 bits per heavy atom. The molecule has 0 saturated heterocycles. The lowest BCUT2D eigenvalue weighted by Gasteiger charge is -2.29. The summed E-state index contributed by atoms with van der Waals surface area (Å²) in [4.78, 5) is 27.2. The highest BCUT2D eigenvalue weighted by Crippen LogP contribution is 2.17. The third-order valence-electron chi connectivity index (χ3n) is 4.08. The minimum Gasteiger partial charge on any atom is -0.352 e. The molecule has 2 rings (SSSR count). The smallest absolute Gasteiger partial charge is 0.242 e. The van der Waals surface area contributed by atoms with Crippen molar-refractivity contribution in [1.82, 2.24) is 10.2 Å². The predicted molar refractivity (Wildman–Crippen MR) is 113 cm³/mol. The first kappa shape index (κ1) is 21.5. The minimum atomic E-state index is -0.585. The van der Waals surface area contributed by atoms with Crippen LogP contribution in [0.15, 0.2) is 53.0 Å². The zero-order chi connectivity index (χ0) is 20.0. The maximum Gasteiger partial charge on any atom is 0.242 e. The van der Waals surface area contributed by atoms with Crippen LogP contribution in [0.4, 0.5) is 0 Å². The molecule has 2 amide bonds. The Hall–Kier alpha value is -1.85. The van der Waals surface area contributed by atoms with Crippen LogP contribution in [-0.4, -0.2) is 28.8 Å². The molecule has 0 radical (unpaired) electrons. The number of amides is 2. The summed E-state index contributed by atoms with van der Waals surface area (Å²) in [6, 6.07) is 14.4. The van der Waals surface area contributed by atoms with E-state index in [1.54, 1.807) is 24.0 Å². The SMILES string of the molecule is CC(C)NC(=O)[C@@H](C)N(Cc1cccc(Br)c1)C(=O)Cc1cccc(Cl)c1. The van der Waals surface area contributed by atoms with Gasteiger partial charge in [0.25, 0.3) is 0 Å². The average molecular weight is 452 g/mol. The third kappa shape index (κ3) is 6.67. The zero-order valence-electron chi connectivity index (χ0n) is 15.7. The number of rotatable bonds is 7. The van der Waals surface area contributed by atoms with E-state index in [0.29, 0.717) is 11.6 Å². The molecule has 0 fully saturated rings. The fraction of sp³-hybridized carbons (Fsp3) is 0.333. The standard InChI is InChI=1S/C21H24BrClN2O2/c1-14(2)24-21(27)15(3)25(13-17-7-4-8-18(22)10-17)20(26)12-16-6-5-9-19(23)11-16/h4-11,14-15H,12-13H2,1-3H3,(H,24,27)/t15-/m1/s1. The number of hydrogen-bond acceptors (Lipinski definition) is 2. The third-order valence-corrected chi connectivity index (χ3v) is 4.81. The molecular weight excluding hydrogens is 428 g/mol. The summed E-state index contributed by atoms with van der Waals surface area (Å²) in [5.74, 6) is -0.289. The van der Waals surface area contributed by atoms with Crippen molar-refractivity contribution in [3.8, 4) is 0 Å². The van der Waals surface area contributed by atoms with Crippen molar-refractivity contribution in [2.45, 2.75) is 45.8 Å². The van der Waals surface area contributed by atoms with Gasteiger partial charge in [0.15, 0.2) is 0 Å². The van der Waals surface area contributed by atoms with Gasteiger partial charge in [-0.25, -0.2) is 0 Å². The molecular formula is C21H24BrClN2O2. The lowest BCUT2D eigenvalue weighted by molar-refractivity contribution is -0.140. The lowest BCUT2D eigenvalue weighted by Crippen LogP contribution is -2.49. The van der Waals surface area contributed by atoms with Gasteiger partial charge in [-0.1, -0.05) is 51.8 Å². The van der Waals surface area contributed by atoms with Crippen molar-refractivity contribution >= 4 is 39.3 Å². The van der Waals surface area contributed by atoms with Crippen LogP contribution in [0, 0.1) is 0 Å². The minimum absolute atomic E-state index is 0.00991. The zero-order valence-corrected chi connectivity index (χ0v) is 18.0. The molecule has 6 heteroatoms. The maximum atomic E-state index is 13.0. The largest absolute Gasteiger partial charge is 0.352 e. The number of hydrogen-bond donors (Lipinski definition) is 1. The molecule has 2 aromatic rings. The normalized spacial score (nSPS) is 11.9. The molecule has 4 nitrogen and oxygen atoms in total. The molecule has 27 heavy (non-hydrogen) atoms. The molecule has 0 aromatic heterocycles. The maximum absolute atomic E-state index is 13.0. The molecule has 0 unspecified atom stereocenters. The van der Waals surface area contributed by atoms with Crippen molar-refractivity contribution in [2.24, 2.45) is 0 Å². The molecule has 1 N–H and O–H groups in total. The van der Waals surface area contributed by atoms with Crippen LogP contribution >= 0.6 is 27.5 Å². The van der Waals surface area contributed by atoms with Gasteiger partial charge < -0.3 is 10.2 Å². The van der Waals surface area contributed by atoms with Crippen LogP contribution in [0.25, 0.3) is 0 Å². The Balaban J connectivity index is 2.24. The van der Waals surface area contributed by atoms with Crippen LogP contribution in [0.5, 0.6) is 0 Å². The van der Waals surface area contributed by atoms with E-state index in [1.807, 2.05) is 50.2 Å². The first-order valence-electron chi connectivity index (χ1n) is 8.85. The van der Waals surface area contributed by atoms with E-state index in [0.717, 1.165) is 15.6 Å². The van der Waals surface area contributed by atoms with Crippen LogP contribution in [0.1, 0.15) is 31.9 Å². The fourth-order valence-corrected chi connectivity index (χ4v) is 3.40. The lowest BCUT2D eigenvalue weighted by atomic mass is 10.1. The van der Waals surface area contributed by atoms with Crippen LogP contribution in [0.2, 0.25) is 5.02 Å². The molecule has 0 heterocycles. The first-order valence-corrected chi connectivity index (χ1v) is 10.0. The quantitative estimate of drug-likeness (QED) is 0.669. The number of nitrogens with one attached hydrogen (secondary N) is 1. The Labute approximate surface area is 174 Å². The Morgan fingerprint density at radius 1 is 1.07 bits per heavy atom. The average Bonchev–Trinajstić information content (AvgIpc) is 2.58. The Bertz CT molecular complexity index is 810. The van der Waals surface area contributed by atoms with Crippen molar-refractivity contribution in [2.75, 3.05) is 0 Å². The fourth-order valence-electron chi connectivity index (χ4n) is 2.74. The van der Waals surface area contributed by atoms with E-state index >= 15 is 0 Å². The first-order chi connectivity index (χ1) is 12.8. The van der Waals surface area contributed by atoms with Crippen molar-refractivity contribution < 1.29 is 9.59 Å². The summed E-state index contributed by atoms with van der Waals surface area (Å²) in [6.45, 7) is 5.91. The molecule has 0 aliphatic rings. The summed E-state index contributed by atoms with van der Waals surface area (Å²) in [5.41, 5.74) is 1.77. The van der Waals surface area contributed by atoms with Gasteiger partial charge in [-0.3, -0.25) is 9.59 Å². The number of carbonyl (C=O) groups is 2. The van der Waals surface area contributed by atoms with Crippen molar-refractivity contribution in [1.29, 1.82) is 0 Å². The van der Waals surface area contributed by atoms with Crippen LogP contribution < -0.4 is 5.32 Å². The monoisotopic (exact) mass is 450 g/mol. The highest BCUT2D eigenvalue weighted by Gasteiger charge is 2.26. The van der Waals surface area contributed by atoms with Crippen LogP contribution in [-0.2, 0) is 22.6 Å². The molecule has 0 bridgehead atoms. The van der Waals surface area contributed by atoms with Gasteiger partial charge in [-0.2, -0.15) is 0 Å². The molecule has 1 atom stereocenters. The van der Waals surface area contributed by atoms with Gasteiger partial charge in [0, 0.05) is 22.1 Å².